The Morgan fingerprint density at radius 2 is 2.23 bits per heavy atom. The first-order valence-corrected chi connectivity index (χ1v) is 10.3. The van der Waals surface area contributed by atoms with Gasteiger partial charge in [-0.15, -0.1) is 0 Å². The van der Waals surface area contributed by atoms with Crippen LogP contribution in [-0.4, -0.2) is 55.0 Å². The molecule has 0 aromatic carbocycles. The number of halogens is 2. The molecule has 9 heteroatoms. The third kappa shape index (κ3) is 3.84. The summed E-state index contributed by atoms with van der Waals surface area (Å²) >= 11 is 6.08. The lowest BCUT2D eigenvalue weighted by molar-refractivity contribution is -0.134. The molecule has 7 nitrogen and oxygen atoms in total. The molecule has 2 N–H and O–H groups in total. The van der Waals surface area contributed by atoms with E-state index in [9.17, 15) is 9.18 Å². The number of aromatic amines is 1. The van der Waals surface area contributed by atoms with Crippen molar-refractivity contribution >= 4 is 34.4 Å². The van der Waals surface area contributed by atoms with E-state index in [-0.39, 0.29) is 12.5 Å². The summed E-state index contributed by atoms with van der Waals surface area (Å²) in [6.45, 7) is 5.92. The molecule has 3 aromatic heterocycles. The van der Waals surface area contributed by atoms with E-state index >= 15 is 0 Å². The van der Waals surface area contributed by atoms with Gasteiger partial charge in [-0.25, -0.2) is 19.3 Å². The molecule has 1 saturated heterocycles. The Hall–Kier alpha value is -2.74. The lowest BCUT2D eigenvalue weighted by Gasteiger charge is -2.31. The van der Waals surface area contributed by atoms with E-state index in [1.807, 2.05) is 6.92 Å². The van der Waals surface area contributed by atoms with Gasteiger partial charge in [0.15, 0.2) is 5.82 Å². The number of rotatable bonds is 5. The van der Waals surface area contributed by atoms with Crippen molar-refractivity contribution in [1.82, 2.24) is 24.8 Å². The van der Waals surface area contributed by atoms with Crippen LogP contribution >= 0.6 is 11.6 Å². The fourth-order valence-electron chi connectivity index (χ4n) is 3.79. The van der Waals surface area contributed by atoms with Gasteiger partial charge in [0, 0.05) is 42.5 Å². The van der Waals surface area contributed by atoms with Gasteiger partial charge in [0.05, 0.1) is 11.6 Å². The summed E-state index contributed by atoms with van der Waals surface area (Å²) in [6, 6.07) is 3.51. The molecular formula is C21H24ClFN6O. The molecule has 1 aliphatic heterocycles. The molecule has 1 fully saturated rings. The average molecular weight is 431 g/mol. The van der Waals surface area contributed by atoms with Crippen LogP contribution < -0.4 is 5.32 Å². The van der Waals surface area contributed by atoms with Crippen LogP contribution in [0.5, 0.6) is 0 Å². The van der Waals surface area contributed by atoms with Crippen molar-refractivity contribution in [1.29, 1.82) is 0 Å². The summed E-state index contributed by atoms with van der Waals surface area (Å²) < 4.78 is 14.6. The van der Waals surface area contributed by atoms with Crippen molar-refractivity contribution in [3.05, 3.63) is 35.7 Å². The van der Waals surface area contributed by atoms with Crippen molar-refractivity contribution in [3.63, 3.8) is 0 Å². The molecule has 3 aromatic rings. The molecule has 1 aliphatic rings. The lowest BCUT2D eigenvalue weighted by atomic mass is 10.0. The van der Waals surface area contributed by atoms with E-state index in [4.69, 9.17) is 11.6 Å². The van der Waals surface area contributed by atoms with Crippen molar-refractivity contribution in [2.24, 2.45) is 0 Å². The van der Waals surface area contributed by atoms with Crippen LogP contribution in [0.2, 0.25) is 5.02 Å². The van der Waals surface area contributed by atoms with Gasteiger partial charge < -0.3 is 15.2 Å². The highest BCUT2D eigenvalue weighted by Gasteiger charge is 2.42. The van der Waals surface area contributed by atoms with Gasteiger partial charge in [-0.2, -0.15) is 0 Å². The predicted octanol–water partition coefficient (Wildman–Crippen LogP) is 4.21. The minimum absolute atomic E-state index is 0.131. The third-order valence-corrected chi connectivity index (χ3v) is 5.80. The van der Waals surface area contributed by atoms with Crippen molar-refractivity contribution < 1.29 is 9.18 Å². The number of anilines is 1. The molecule has 4 heterocycles. The number of nitrogens with zero attached hydrogens (tertiary/aromatic N) is 4. The summed E-state index contributed by atoms with van der Waals surface area (Å²) in [5.41, 5.74) is -0.794. The molecule has 0 radical (unpaired) electrons. The number of hydrogen-bond donors (Lipinski definition) is 2. The van der Waals surface area contributed by atoms with Crippen LogP contribution in [0, 0.1) is 0 Å². The number of hydrogen-bond acceptors (Lipinski definition) is 5. The normalized spacial score (nSPS) is 19.4. The van der Waals surface area contributed by atoms with E-state index in [0.717, 1.165) is 10.9 Å². The summed E-state index contributed by atoms with van der Waals surface area (Å²) in [5, 5.41) is 4.52. The zero-order valence-corrected chi connectivity index (χ0v) is 17.9. The summed E-state index contributed by atoms with van der Waals surface area (Å²) in [5.74, 6) is 0.830. The first-order chi connectivity index (χ1) is 14.2. The molecule has 0 aliphatic carbocycles. The first-order valence-electron chi connectivity index (χ1n) is 9.93. The maximum Gasteiger partial charge on any atom is 0.247 e. The van der Waals surface area contributed by atoms with Crippen LogP contribution in [0.3, 0.4) is 0 Å². The van der Waals surface area contributed by atoms with Gasteiger partial charge in [-0.05, 0) is 32.4 Å². The van der Waals surface area contributed by atoms with E-state index in [1.165, 1.54) is 0 Å². The second-order valence-electron chi connectivity index (χ2n) is 8.25. The highest BCUT2D eigenvalue weighted by Crippen LogP contribution is 2.31. The largest absolute Gasteiger partial charge is 0.356 e. The van der Waals surface area contributed by atoms with E-state index in [2.05, 4.69) is 25.3 Å². The Bertz CT molecular complexity index is 1100. The number of aromatic nitrogens is 4. The van der Waals surface area contributed by atoms with E-state index in [1.54, 1.807) is 49.5 Å². The Labute approximate surface area is 179 Å². The monoisotopic (exact) mass is 430 g/mol. The van der Waals surface area contributed by atoms with Gasteiger partial charge in [-0.3, -0.25) is 4.79 Å². The van der Waals surface area contributed by atoms with Gasteiger partial charge in [0.2, 0.25) is 5.91 Å². The maximum atomic E-state index is 14.6. The van der Waals surface area contributed by atoms with Gasteiger partial charge in [0.25, 0.3) is 0 Å². The zero-order valence-electron chi connectivity index (χ0n) is 17.2. The Kier molecular flexibility index (Phi) is 5.13. The SMILES string of the molecule is CCC1(F)CCN(C(=O)C(C)(C)Nc2ccnc(-c3c[nH]c4ncc(Cl)cc34)n2)C1. The van der Waals surface area contributed by atoms with Crippen LogP contribution in [0.1, 0.15) is 33.6 Å². The number of nitrogens with one attached hydrogen (secondary N) is 2. The molecule has 0 bridgehead atoms. The second-order valence-corrected chi connectivity index (χ2v) is 8.69. The molecular weight excluding hydrogens is 407 g/mol. The Morgan fingerprint density at radius 1 is 1.43 bits per heavy atom. The molecule has 1 atom stereocenters. The molecule has 30 heavy (non-hydrogen) atoms. The van der Waals surface area contributed by atoms with Crippen LogP contribution in [0.4, 0.5) is 10.2 Å². The quantitative estimate of drug-likeness (QED) is 0.633. The summed E-state index contributed by atoms with van der Waals surface area (Å²) in [6.07, 6.45) is 5.75. The molecule has 4 rings (SSSR count). The second kappa shape index (κ2) is 7.50. The van der Waals surface area contributed by atoms with Crippen molar-refractivity contribution in [2.75, 3.05) is 18.4 Å². The number of amides is 1. The zero-order chi connectivity index (χ0) is 21.5. The minimum Gasteiger partial charge on any atom is -0.356 e. The first kappa shape index (κ1) is 20.5. The number of likely N-dealkylation sites (tertiary alicyclic amines) is 1. The molecule has 0 saturated carbocycles. The van der Waals surface area contributed by atoms with Gasteiger partial charge in [-0.1, -0.05) is 18.5 Å². The summed E-state index contributed by atoms with van der Waals surface area (Å²) in [7, 11) is 0. The highest BCUT2D eigenvalue weighted by atomic mass is 35.5. The number of pyridine rings is 1. The highest BCUT2D eigenvalue weighted by molar-refractivity contribution is 6.31. The maximum absolute atomic E-state index is 14.6. The van der Waals surface area contributed by atoms with Crippen LogP contribution in [0.15, 0.2) is 30.7 Å². The molecule has 158 valence electrons. The Balaban J connectivity index is 1.56. The van der Waals surface area contributed by atoms with Crippen molar-refractivity contribution in [3.8, 4) is 11.4 Å². The molecule has 1 amide bonds. The van der Waals surface area contributed by atoms with Gasteiger partial charge >= 0.3 is 0 Å². The number of carbonyl (C=O) groups is 1. The third-order valence-electron chi connectivity index (χ3n) is 5.59. The smallest absolute Gasteiger partial charge is 0.247 e. The van der Waals surface area contributed by atoms with E-state index < -0.39 is 11.2 Å². The molecule has 1 unspecified atom stereocenters. The predicted molar refractivity (Wildman–Crippen MR) is 115 cm³/mol. The van der Waals surface area contributed by atoms with Crippen molar-refractivity contribution in [2.45, 2.75) is 44.8 Å². The number of carbonyl (C=O) groups excluding carboxylic acids is 1. The Morgan fingerprint density at radius 3 is 2.97 bits per heavy atom. The minimum atomic E-state index is -1.29. The average Bonchev–Trinajstić information content (AvgIpc) is 3.31. The molecule has 0 spiro atoms. The summed E-state index contributed by atoms with van der Waals surface area (Å²) in [4.78, 5) is 30.9. The fraction of sp³-hybridized carbons (Fsp3) is 0.429. The fourth-order valence-corrected chi connectivity index (χ4v) is 3.95. The number of fused-ring (bicyclic) bond motifs is 1. The topological polar surface area (TPSA) is 86.8 Å². The van der Waals surface area contributed by atoms with Crippen LogP contribution in [0.25, 0.3) is 22.4 Å². The van der Waals surface area contributed by atoms with Gasteiger partial charge in [0.1, 0.15) is 22.7 Å². The van der Waals surface area contributed by atoms with E-state index in [0.29, 0.717) is 41.7 Å². The number of alkyl halides is 1. The standard InChI is InChI=1S/C21H24ClFN6O/c1-4-21(23)6-8-29(12-21)19(30)20(2,3)28-16-5-7-24-18(27-16)15-11-26-17-14(15)9-13(22)10-25-17/h5,7,9-11H,4,6,8,12H2,1-3H3,(H,25,26)(H,24,27,28). The number of H-pyrrole nitrogens is 1. The van der Waals surface area contributed by atoms with Crippen LogP contribution in [-0.2, 0) is 4.79 Å². The lowest BCUT2D eigenvalue weighted by Crippen LogP contribution is -2.50.